The van der Waals surface area contributed by atoms with E-state index in [9.17, 15) is 43.3 Å². The smallest absolute Gasteiger partial charge is 0.255 e. The van der Waals surface area contributed by atoms with Gasteiger partial charge in [0.1, 0.15) is 5.92 Å². The molecule has 44 heavy (non-hydrogen) atoms. The lowest BCUT2D eigenvalue weighted by molar-refractivity contribution is -0.133. The Morgan fingerprint density at radius 1 is 0.636 bits per heavy atom. The van der Waals surface area contributed by atoms with Crippen molar-refractivity contribution >= 4 is 52.7 Å². The molecule has 2 aliphatic carbocycles. The summed E-state index contributed by atoms with van der Waals surface area (Å²) < 4.78 is 96.9. The summed E-state index contributed by atoms with van der Waals surface area (Å²) in [5.41, 5.74) is 1.53. The number of carbonyl (C=O) groups is 2. The van der Waals surface area contributed by atoms with E-state index in [-0.39, 0.29) is 49.1 Å². The minimum atomic E-state index is -4.32. The number of carbonyl (C=O) groups excluding carboxylic acids is 2. The van der Waals surface area contributed by atoms with Gasteiger partial charge in [-0.05, 0) is 43.2 Å². The third kappa shape index (κ3) is 7.58. The molecule has 12 nitrogen and oxygen atoms in total. The van der Waals surface area contributed by atoms with Crippen LogP contribution in [0.3, 0.4) is 0 Å². The summed E-state index contributed by atoms with van der Waals surface area (Å²) in [4.78, 5) is 29.2. The molecule has 1 aromatic carbocycles. The van der Waals surface area contributed by atoms with Crippen molar-refractivity contribution in [3.8, 4) is 0 Å². The number of ketones is 2. The fraction of sp³-hybridized carbons (Fsp3) is 0.500. The van der Waals surface area contributed by atoms with Gasteiger partial charge in [0.15, 0.2) is 11.6 Å². The van der Waals surface area contributed by atoms with E-state index in [2.05, 4.69) is 0 Å². The van der Waals surface area contributed by atoms with E-state index < -0.39 is 64.4 Å². The molecule has 0 unspecified atom stereocenters. The van der Waals surface area contributed by atoms with E-state index >= 15 is 0 Å². The van der Waals surface area contributed by atoms with Crippen LogP contribution in [-0.2, 0) is 45.1 Å². The van der Waals surface area contributed by atoms with E-state index in [1.54, 1.807) is 86.3 Å². The van der Waals surface area contributed by atoms with Crippen LogP contribution in [0.2, 0.25) is 0 Å². The fourth-order valence-corrected chi connectivity index (χ4v) is 12.3. The molecule has 0 saturated heterocycles. The second-order valence-corrected chi connectivity index (χ2v) is 22.9. The summed E-state index contributed by atoms with van der Waals surface area (Å²) in [5, 5.41) is 0. The zero-order valence-corrected chi connectivity index (χ0v) is 28.3. The molecule has 2 aliphatic rings. The zero-order chi connectivity index (χ0) is 33.1. The molecule has 0 atom stereocenters. The first kappa shape index (κ1) is 35.8. The molecule has 0 N–H and O–H groups in total. The number of nitrogens with zero attached hydrogens (tertiary/aromatic N) is 2. The first-order valence-electron chi connectivity index (χ1n) is 14.0. The van der Waals surface area contributed by atoms with Crippen molar-refractivity contribution in [3.05, 3.63) is 65.3 Å². The summed E-state index contributed by atoms with van der Waals surface area (Å²) in [6.45, 7) is 3.08. The van der Waals surface area contributed by atoms with Gasteiger partial charge in [0.05, 0.1) is 28.6 Å². The molecular weight excluding hydrogens is 653 g/mol. The maximum absolute atomic E-state index is 13.0. The number of rotatable bonds is 15. The van der Waals surface area contributed by atoms with Crippen LogP contribution in [0, 0.1) is 0 Å². The van der Waals surface area contributed by atoms with Crippen LogP contribution >= 0.6 is 0 Å². The standard InChI is InChI=1S/C28H38N2O10S4/c1-5-17-41(33,34)43(37,38)19-15-29(3)23-11-7-21(8-12-23)25-27(31)26(28(25)32)22-9-13-24(14-10-22)30(4)16-20-44(39,40)42(35,36)18-6-2/h7-14,23,26H,5-6,15-20H2,1-4H3. The Balaban J connectivity index is 1.62. The Kier molecular flexibility index (Phi) is 11.2. The minimum absolute atomic E-state index is 0.0323. The molecule has 1 fully saturated rings. The Morgan fingerprint density at radius 3 is 1.52 bits per heavy atom. The molecular formula is C28H38N2O10S4. The lowest BCUT2D eigenvalue weighted by atomic mass is 9.70. The number of benzene rings is 1. The maximum atomic E-state index is 13.0. The van der Waals surface area contributed by atoms with Crippen molar-refractivity contribution in [2.24, 2.45) is 0 Å². The van der Waals surface area contributed by atoms with Crippen molar-refractivity contribution in [2.45, 2.75) is 38.6 Å². The summed E-state index contributed by atoms with van der Waals surface area (Å²) >= 11 is 0. The average Bonchev–Trinajstić information content (AvgIpc) is 2.95. The summed E-state index contributed by atoms with van der Waals surface area (Å²) in [6.07, 6.45) is 7.01. The number of allylic oxidation sites excluding steroid dienone is 4. The number of likely N-dealkylation sites (N-methyl/N-ethyl adjacent to an activating group) is 1. The van der Waals surface area contributed by atoms with Crippen molar-refractivity contribution < 1.29 is 43.3 Å². The highest BCUT2D eigenvalue weighted by molar-refractivity contribution is 8.67. The van der Waals surface area contributed by atoms with Gasteiger partial charge in [-0.2, -0.15) is 0 Å². The van der Waals surface area contributed by atoms with Gasteiger partial charge in [-0.1, -0.05) is 50.3 Å². The van der Waals surface area contributed by atoms with Gasteiger partial charge in [-0.15, -0.1) is 0 Å². The molecule has 0 spiro atoms. The number of anilines is 1. The van der Waals surface area contributed by atoms with E-state index in [0.29, 0.717) is 16.8 Å². The van der Waals surface area contributed by atoms with E-state index in [4.69, 9.17) is 0 Å². The highest BCUT2D eigenvalue weighted by Gasteiger charge is 2.46. The molecule has 1 saturated carbocycles. The monoisotopic (exact) mass is 690 g/mol. The van der Waals surface area contributed by atoms with Crippen LogP contribution in [0.15, 0.2) is 59.7 Å². The summed E-state index contributed by atoms with van der Waals surface area (Å²) in [6, 6.07) is 6.09. The van der Waals surface area contributed by atoms with Gasteiger partial charge in [-0.25, -0.2) is 33.7 Å². The van der Waals surface area contributed by atoms with Crippen LogP contribution in [0.5, 0.6) is 0 Å². The van der Waals surface area contributed by atoms with Crippen LogP contribution in [0.25, 0.3) is 0 Å². The highest BCUT2D eigenvalue weighted by atomic mass is 33.2. The van der Waals surface area contributed by atoms with Crippen molar-refractivity contribution in [3.63, 3.8) is 0 Å². The molecule has 16 heteroatoms. The quantitative estimate of drug-likeness (QED) is 0.112. The molecule has 1 aromatic rings. The second-order valence-electron chi connectivity index (χ2n) is 10.7. The second kappa shape index (κ2) is 13.8. The Labute approximate surface area is 259 Å². The lowest BCUT2D eigenvalue weighted by Gasteiger charge is -2.30. The van der Waals surface area contributed by atoms with Crippen molar-refractivity contribution in [2.75, 3.05) is 55.1 Å². The van der Waals surface area contributed by atoms with Gasteiger partial charge < -0.3 is 4.90 Å². The Hall–Kier alpha value is -2.66. The van der Waals surface area contributed by atoms with E-state index in [0.717, 1.165) is 0 Å². The molecule has 0 bridgehead atoms. The average molecular weight is 691 g/mol. The number of Topliss-reactive ketones (excluding diaryl/α,β-unsaturated/α-hetero) is 2. The molecule has 0 aromatic heterocycles. The van der Waals surface area contributed by atoms with Crippen LogP contribution in [-0.4, -0.2) is 106 Å². The van der Waals surface area contributed by atoms with Crippen molar-refractivity contribution in [1.29, 1.82) is 0 Å². The molecule has 3 rings (SSSR count). The first-order valence-corrected chi connectivity index (χ1v) is 21.6. The zero-order valence-electron chi connectivity index (χ0n) is 25.0. The van der Waals surface area contributed by atoms with Gasteiger partial charge in [0, 0.05) is 31.9 Å². The topological polar surface area (TPSA) is 177 Å². The molecule has 0 amide bonds. The highest BCUT2D eigenvalue weighted by Crippen LogP contribution is 2.37. The molecule has 244 valence electrons. The van der Waals surface area contributed by atoms with Gasteiger partial charge in [0.2, 0.25) is 0 Å². The maximum Gasteiger partial charge on any atom is 0.255 e. The van der Waals surface area contributed by atoms with Gasteiger partial charge in [0.25, 0.3) is 35.5 Å². The normalized spacial score (nSPS) is 19.5. The van der Waals surface area contributed by atoms with Gasteiger partial charge in [-0.3, -0.25) is 14.5 Å². The third-order valence-electron chi connectivity index (χ3n) is 7.48. The molecule has 0 aliphatic heterocycles. The number of hydrogen-bond donors (Lipinski definition) is 0. The predicted octanol–water partition coefficient (Wildman–Crippen LogP) is 1.39. The lowest BCUT2D eigenvalue weighted by Crippen LogP contribution is -2.40. The van der Waals surface area contributed by atoms with Crippen LogP contribution < -0.4 is 4.90 Å². The Morgan fingerprint density at radius 2 is 1.07 bits per heavy atom. The summed E-state index contributed by atoms with van der Waals surface area (Å²) in [5.74, 6) is -3.67. The van der Waals surface area contributed by atoms with Crippen LogP contribution in [0.1, 0.15) is 38.2 Å². The third-order valence-corrected chi connectivity index (χ3v) is 18.9. The van der Waals surface area contributed by atoms with E-state index in [1.165, 1.54) is 0 Å². The predicted molar refractivity (Wildman–Crippen MR) is 170 cm³/mol. The minimum Gasteiger partial charge on any atom is -0.374 e. The van der Waals surface area contributed by atoms with Crippen molar-refractivity contribution in [1.82, 2.24) is 4.90 Å². The van der Waals surface area contributed by atoms with Crippen LogP contribution in [0.4, 0.5) is 5.69 Å². The largest absolute Gasteiger partial charge is 0.374 e. The van der Waals surface area contributed by atoms with Gasteiger partial charge >= 0.3 is 0 Å². The number of hydrogen-bond acceptors (Lipinski definition) is 12. The summed E-state index contributed by atoms with van der Waals surface area (Å²) in [7, 11) is -13.9. The SMILES string of the molecule is CCCS(=O)(=O)S(=O)(=O)CCN(C)c1ccc(C2C(=O)C(=C3C=CC(N(C)CCS(=O)(=O)S(=O)(=O)CCC)C=C3)C2=O)cc1. The van der Waals surface area contributed by atoms with E-state index in [1.807, 2.05) is 0 Å². The Bertz CT molecular complexity index is 1770. The molecule has 0 heterocycles. The molecule has 0 radical (unpaired) electrons. The first-order chi connectivity index (χ1) is 20.4. The fourth-order valence-electron chi connectivity index (χ4n) is 4.74.